The van der Waals surface area contributed by atoms with Gasteiger partial charge in [-0.3, -0.25) is 4.79 Å². The minimum absolute atomic E-state index is 0.181. The molecule has 1 unspecified atom stereocenters. The van der Waals surface area contributed by atoms with Gasteiger partial charge in [-0.05, 0) is 36.1 Å². The number of carbonyl (C=O) groups is 1. The molecule has 0 spiro atoms. The number of phenols is 1. The summed E-state index contributed by atoms with van der Waals surface area (Å²) in [6, 6.07) is 3.83. The molecule has 0 aliphatic carbocycles. The van der Waals surface area contributed by atoms with Gasteiger partial charge in [0.15, 0.2) is 11.5 Å². The number of ether oxygens (including phenoxy) is 1. The second-order valence-corrected chi connectivity index (χ2v) is 4.61. The van der Waals surface area contributed by atoms with E-state index in [2.05, 4.69) is 0 Å². The Balaban J connectivity index is 2.08. The van der Waals surface area contributed by atoms with Gasteiger partial charge >= 0.3 is 0 Å². The second-order valence-electron chi connectivity index (χ2n) is 4.61. The van der Waals surface area contributed by atoms with E-state index < -0.39 is 0 Å². The average Bonchev–Trinajstić information content (AvgIpc) is 2.70. The number of carbonyl (C=O) groups excluding carboxylic acids is 1. The van der Waals surface area contributed by atoms with Crippen LogP contribution < -0.4 is 4.74 Å². The van der Waals surface area contributed by atoms with Crippen molar-refractivity contribution in [2.24, 2.45) is 0 Å². The van der Waals surface area contributed by atoms with E-state index in [1.165, 1.54) is 0 Å². The number of phenolic OH excluding ortho intramolecular Hbond substituents is 1. The van der Waals surface area contributed by atoms with E-state index in [-0.39, 0.29) is 17.7 Å². The Hall–Kier alpha value is -1.71. The molecule has 1 aromatic rings. The SMILES string of the molecule is COc1cc2c(cc1O)CCN1C(=O)CCC21. The number of nitrogens with zero attached hydrogens (tertiary/aromatic N) is 1. The van der Waals surface area contributed by atoms with E-state index in [1.807, 2.05) is 11.0 Å². The molecule has 17 heavy (non-hydrogen) atoms. The average molecular weight is 233 g/mol. The van der Waals surface area contributed by atoms with Gasteiger partial charge in [-0.25, -0.2) is 0 Å². The largest absolute Gasteiger partial charge is 0.504 e. The molecule has 4 heteroatoms. The second kappa shape index (κ2) is 3.65. The van der Waals surface area contributed by atoms with Crippen molar-refractivity contribution < 1.29 is 14.6 Å². The topological polar surface area (TPSA) is 49.8 Å². The fourth-order valence-corrected chi connectivity index (χ4v) is 2.90. The third kappa shape index (κ3) is 1.47. The number of amides is 1. The van der Waals surface area contributed by atoms with Gasteiger partial charge in [-0.15, -0.1) is 0 Å². The molecule has 0 radical (unpaired) electrons. The Morgan fingerprint density at radius 2 is 2.24 bits per heavy atom. The van der Waals surface area contributed by atoms with Crippen LogP contribution in [0.15, 0.2) is 12.1 Å². The van der Waals surface area contributed by atoms with E-state index in [0.29, 0.717) is 12.2 Å². The predicted octanol–water partition coefficient (Wildman–Crippen LogP) is 1.62. The molecule has 1 atom stereocenters. The zero-order valence-electron chi connectivity index (χ0n) is 9.77. The quantitative estimate of drug-likeness (QED) is 0.802. The first-order valence-electron chi connectivity index (χ1n) is 5.90. The summed E-state index contributed by atoms with van der Waals surface area (Å²) in [5.41, 5.74) is 2.27. The van der Waals surface area contributed by atoms with Crippen molar-refractivity contribution in [2.75, 3.05) is 13.7 Å². The molecular weight excluding hydrogens is 218 g/mol. The van der Waals surface area contributed by atoms with Crippen LogP contribution in [0.4, 0.5) is 0 Å². The molecule has 0 aromatic heterocycles. The zero-order chi connectivity index (χ0) is 12.0. The summed E-state index contributed by atoms with van der Waals surface area (Å²) in [6.45, 7) is 0.766. The van der Waals surface area contributed by atoms with Gasteiger partial charge < -0.3 is 14.7 Å². The molecule has 1 amide bonds. The summed E-state index contributed by atoms with van der Waals surface area (Å²) in [6.07, 6.45) is 2.32. The number of rotatable bonds is 1. The molecule has 1 fully saturated rings. The Morgan fingerprint density at radius 3 is 3.00 bits per heavy atom. The van der Waals surface area contributed by atoms with Crippen molar-refractivity contribution in [3.63, 3.8) is 0 Å². The number of hydrogen-bond acceptors (Lipinski definition) is 3. The van der Waals surface area contributed by atoms with E-state index in [1.54, 1.807) is 13.2 Å². The van der Waals surface area contributed by atoms with Crippen LogP contribution in [-0.2, 0) is 11.2 Å². The van der Waals surface area contributed by atoms with Crippen LogP contribution in [0, 0.1) is 0 Å². The highest BCUT2D eigenvalue weighted by atomic mass is 16.5. The lowest BCUT2D eigenvalue weighted by molar-refractivity contribution is -0.129. The maximum absolute atomic E-state index is 11.7. The first kappa shape index (κ1) is 10.4. The zero-order valence-corrected chi connectivity index (χ0v) is 9.77. The molecule has 1 N–H and O–H groups in total. The van der Waals surface area contributed by atoms with E-state index >= 15 is 0 Å². The van der Waals surface area contributed by atoms with Crippen LogP contribution in [0.1, 0.15) is 30.0 Å². The van der Waals surface area contributed by atoms with Crippen molar-refractivity contribution >= 4 is 5.91 Å². The highest BCUT2D eigenvalue weighted by Crippen LogP contribution is 2.42. The maximum atomic E-state index is 11.7. The molecule has 0 bridgehead atoms. The third-order valence-corrected chi connectivity index (χ3v) is 3.75. The molecule has 1 aromatic carbocycles. The Labute approximate surface area is 99.8 Å². The lowest BCUT2D eigenvalue weighted by Gasteiger charge is -2.32. The van der Waals surface area contributed by atoms with Gasteiger partial charge in [-0.1, -0.05) is 0 Å². The normalized spacial score (nSPS) is 22.3. The Kier molecular flexibility index (Phi) is 2.24. The van der Waals surface area contributed by atoms with Crippen LogP contribution in [0.5, 0.6) is 11.5 Å². The highest BCUT2D eigenvalue weighted by molar-refractivity contribution is 5.79. The lowest BCUT2D eigenvalue weighted by Crippen LogP contribution is -2.34. The Bertz CT molecular complexity index is 484. The van der Waals surface area contributed by atoms with E-state index in [0.717, 1.165) is 30.5 Å². The first-order valence-corrected chi connectivity index (χ1v) is 5.90. The van der Waals surface area contributed by atoms with Crippen molar-refractivity contribution in [1.29, 1.82) is 0 Å². The first-order chi connectivity index (χ1) is 8.20. The summed E-state index contributed by atoms with van der Waals surface area (Å²) in [4.78, 5) is 13.6. The van der Waals surface area contributed by atoms with Crippen LogP contribution in [0.2, 0.25) is 0 Å². The number of aromatic hydroxyl groups is 1. The van der Waals surface area contributed by atoms with Crippen LogP contribution >= 0.6 is 0 Å². The van der Waals surface area contributed by atoms with Gasteiger partial charge in [-0.2, -0.15) is 0 Å². The summed E-state index contributed by atoms with van der Waals surface area (Å²) < 4.78 is 5.13. The molecule has 4 nitrogen and oxygen atoms in total. The van der Waals surface area contributed by atoms with E-state index in [4.69, 9.17) is 4.74 Å². The van der Waals surface area contributed by atoms with Gasteiger partial charge in [0, 0.05) is 13.0 Å². The third-order valence-electron chi connectivity index (χ3n) is 3.75. The predicted molar refractivity (Wildman–Crippen MR) is 62.1 cm³/mol. The fraction of sp³-hybridized carbons (Fsp3) is 0.462. The van der Waals surface area contributed by atoms with Gasteiger partial charge in [0.1, 0.15) is 0 Å². The van der Waals surface area contributed by atoms with Crippen LogP contribution in [0.3, 0.4) is 0 Å². The molecule has 2 heterocycles. The summed E-state index contributed by atoms with van der Waals surface area (Å²) >= 11 is 0. The number of methoxy groups -OCH3 is 1. The van der Waals surface area contributed by atoms with E-state index in [9.17, 15) is 9.90 Å². The molecule has 90 valence electrons. The Morgan fingerprint density at radius 1 is 1.41 bits per heavy atom. The monoisotopic (exact) mass is 233 g/mol. The van der Waals surface area contributed by atoms with Gasteiger partial charge in [0.2, 0.25) is 5.91 Å². The minimum Gasteiger partial charge on any atom is -0.504 e. The number of fused-ring (bicyclic) bond motifs is 3. The van der Waals surface area contributed by atoms with Crippen LogP contribution in [0.25, 0.3) is 0 Å². The molecule has 3 rings (SSSR count). The molecule has 0 saturated carbocycles. The highest BCUT2D eigenvalue weighted by Gasteiger charge is 2.36. The van der Waals surface area contributed by atoms with Crippen LogP contribution in [-0.4, -0.2) is 29.6 Å². The minimum atomic E-state index is 0.181. The summed E-state index contributed by atoms with van der Waals surface area (Å²) in [5, 5.41) is 9.75. The van der Waals surface area contributed by atoms with Crippen molar-refractivity contribution in [2.45, 2.75) is 25.3 Å². The standard InChI is InChI=1S/C13H15NO3/c1-17-12-7-9-8(6-11(12)15)4-5-14-10(9)2-3-13(14)16/h6-7,10,15H,2-5H2,1H3. The molecule has 2 aliphatic rings. The number of benzene rings is 1. The lowest BCUT2D eigenvalue weighted by atomic mass is 9.92. The van der Waals surface area contributed by atoms with Gasteiger partial charge in [0.25, 0.3) is 0 Å². The summed E-state index contributed by atoms with van der Waals surface area (Å²) in [7, 11) is 1.54. The van der Waals surface area contributed by atoms with Gasteiger partial charge in [0.05, 0.1) is 13.2 Å². The maximum Gasteiger partial charge on any atom is 0.223 e. The number of hydrogen-bond donors (Lipinski definition) is 1. The molecular formula is C13H15NO3. The van der Waals surface area contributed by atoms with Crippen molar-refractivity contribution in [1.82, 2.24) is 4.90 Å². The summed E-state index contributed by atoms with van der Waals surface area (Å²) in [5.74, 6) is 0.918. The fourth-order valence-electron chi connectivity index (χ4n) is 2.90. The molecule has 1 saturated heterocycles. The van der Waals surface area contributed by atoms with Crippen molar-refractivity contribution in [3.8, 4) is 11.5 Å². The van der Waals surface area contributed by atoms with Crippen molar-refractivity contribution in [3.05, 3.63) is 23.3 Å². The smallest absolute Gasteiger partial charge is 0.223 e. The molecule has 2 aliphatic heterocycles.